The second kappa shape index (κ2) is 5.88. The van der Waals surface area contributed by atoms with Gasteiger partial charge in [-0.3, -0.25) is 14.5 Å². The number of benzene rings is 1. The summed E-state index contributed by atoms with van der Waals surface area (Å²) in [6.07, 6.45) is 5.68. The van der Waals surface area contributed by atoms with Crippen LogP contribution in [-0.2, 0) is 9.59 Å². The van der Waals surface area contributed by atoms with Crippen LogP contribution < -0.4 is 5.32 Å². The number of nitrogens with one attached hydrogen (secondary N) is 1. The van der Waals surface area contributed by atoms with E-state index in [9.17, 15) is 9.59 Å². The third-order valence-corrected chi connectivity index (χ3v) is 4.52. The van der Waals surface area contributed by atoms with E-state index in [-0.39, 0.29) is 24.3 Å². The van der Waals surface area contributed by atoms with E-state index >= 15 is 0 Å². The molecule has 1 aliphatic heterocycles. The Balaban J connectivity index is 1.69. The maximum absolute atomic E-state index is 12.5. The summed E-state index contributed by atoms with van der Waals surface area (Å²) in [7, 11) is 0. The highest BCUT2D eigenvalue weighted by Gasteiger charge is 2.42. The van der Waals surface area contributed by atoms with Gasteiger partial charge in [0, 0.05) is 11.7 Å². The lowest BCUT2D eigenvalue weighted by molar-refractivity contribution is -0.141. The molecule has 0 aromatic heterocycles. The molecule has 0 bridgehead atoms. The predicted molar refractivity (Wildman–Crippen MR) is 81.9 cm³/mol. The first-order valence-corrected chi connectivity index (χ1v) is 7.84. The highest BCUT2D eigenvalue weighted by molar-refractivity contribution is 6.07. The number of rotatable bonds is 3. The van der Waals surface area contributed by atoms with Crippen LogP contribution in [0.2, 0.25) is 0 Å². The van der Waals surface area contributed by atoms with Crippen LogP contribution in [0.5, 0.6) is 0 Å². The van der Waals surface area contributed by atoms with Crippen molar-refractivity contribution in [1.82, 2.24) is 4.90 Å². The Bertz CT molecular complexity index is 532. The number of carbonyl (C=O) groups is 2. The molecule has 2 fully saturated rings. The molecule has 3 rings (SSSR count). The number of imide groups is 1. The largest absolute Gasteiger partial charge is 0.373 e. The summed E-state index contributed by atoms with van der Waals surface area (Å²) in [5, 5.41) is 3.21. The molecule has 1 saturated carbocycles. The molecule has 1 unspecified atom stereocenters. The number of hydrogen-bond donors (Lipinski definition) is 1. The van der Waals surface area contributed by atoms with E-state index in [4.69, 9.17) is 0 Å². The van der Waals surface area contributed by atoms with Gasteiger partial charge in [0.2, 0.25) is 5.91 Å². The number of nitrogens with zero attached hydrogens (tertiary/aromatic N) is 1. The van der Waals surface area contributed by atoms with Gasteiger partial charge in [0.1, 0.15) is 6.04 Å². The molecule has 4 nitrogen and oxygen atoms in total. The lowest BCUT2D eigenvalue weighted by Gasteiger charge is -2.29. The van der Waals surface area contributed by atoms with E-state index in [0.717, 1.165) is 31.4 Å². The molecule has 0 radical (unpaired) electrons. The second-order valence-electron chi connectivity index (χ2n) is 6.16. The van der Waals surface area contributed by atoms with Crippen molar-refractivity contribution in [3.05, 3.63) is 29.8 Å². The zero-order valence-corrected chi connectivity index (χ0v) is 12.5. The molecule has 1 aromatic rings. The Kier molecular flexibility index (Phi) is 3.95. The molecule has 2 amide bonds. The van der Waals surface area contributed by atoms with Crippen LogP contribution >= 0.6 is 0 Å². The van der Waals surface area contributed by atoms with Gasteiger partial charge in [-0.2, -0.15) is 0 Å². The van der Waals surface area contributed by atoms with Crippen molar-refractivity contribution < 1.29 is 9.59 Å². The van der Waals surface area contributed by atoms with E-state index in [0.29, 0.717) is 0 Å². The smallest absolute Gasteiger partial charge is 0.252 e. The highest BCUT2D eigenvalue weighted by atomic mass is 16.2. The maximum Gasteiger partial charge on any atom is 0.252 e. The lowest BCUT2D eigenvalue weighted by atomic mass is 9.94. The first kappa shape index (κ1) is 14.1. The molecule has 1 aromatic carbocycles. The monoisotopic (exact) mass is 286 g/mol. The number of aryl methyl sites for hydroxylation is 1. The van der Waals surface area contributed by atoms with E-state index < -0.39 is 6.04 Å². The Hall–Kier alpha value is -1.84. The molecule has 1 aliphatic carbocycles. The summed E-state index contributed by atoms with van der Waals surface area (Å²) in [5.41, 5.74) is 2.08. The topological polar surface area (TPSA) is 49.4 Å². The van der Waals surface area contributed by atoms with Crippen LogP contribution in [0.1, 0.15) is 44.1 Å². The molecular weight excluding hydrogens is 264 g/mol. The molecule has 1 saturated heterocycles. The van der Waals surface area contributed by atoms with Crippen LogP contribution in [0.25, 0.3) is 0 Å². The Morgan fingerprint density at radius 2 is 1.71 bits per heavy atom. The molecule has 2 aliphatic rings. The third-order valence-electron chi connectivity index (χ3n) is 4.52. The van der Waals surface area contributed by atoms with Gasteiger partial charge in [-0.25, -0.2) is 0 Å². The average Bonchev–Trinajstić information content (AvgIpc) is 2.77. The Labute approximate surface area is 125 Å². The van der Waals surface area contributed by atoms with Crippen LogP contribution in [0, 0.1) is 6.92 Å². The predicted octanol–water partition coefficient (Wildman–Crippen LogP) is 2.87. The number of anilines is 1. The number of amides is 2. The van der Waals surface area contributed by atoms with Crippen molar-refractivity contribution >= 4 is 17.5 Å². The summed E-state index contributed by atoms with van der Waals surface area (Å²) in [4.78, 5) is 26.3. The van der Waals surface area contributed by atoms with E-state index in [1.807, 2.05) is 31.2 Å². The minimum Gasteiger partial charge on any atom is -0.373 e. The molecule has 112 valence electrons. The first-order valence-electron chi connectivity index (χ1n) is 7.84. The van der Waals surface area contributed by atoms with E-state index in [1.165, 1.54) is 16.9 Å². The Morgan fingerprint density at radius 1 is 1.05 bits per heavy atom. The fourth-order valence-corrected chi connectivity index (χ4v) is 3.34. The van der Waals surface area contributed by atoms with E-state index in [1.54, 1.807) is 0 Å². The number of hydrogen-bond acceptors (Lipinski definition) is 3. The highest BCUT2D eigenvalue weighted by Crippen LogP contribution is 2.28. The Morgan fingerprint density at radius 3 is 2.38 bits per heavy atom. The zero-order chi connectivity index (χ0) is 14.8. The maximum atomic E-state index is 12.5. The van der Waals surface area contributed by atoms with Crippen LogP contribution in [0.15, 0.2) is 24.3 Å². The van der Waals surface area contributed by atoms with Gasteiger partial charge in [0.15, 0.2) is 0 Å². The van der Waals surface area contributed by atoms with Gasteiger partial charge in [0.05, 0.1) is 6.42 Å². The summed E-state index contributed by atoms with van der Waals surface area (Å²) in [6.45, 7) is 2.03. The molecule has 21 heavy (non-hydrogen) atoms. The van der Waals surface area contributed by atoms with Gasteiger partial charge in [0.25, 0.3) is 5.91 Å². The molecule has 0 spiro atoms. The van der Waals surface area contributed by atoms with Crippen molar-refractivity contribution in [3.63, 3.8) is 0 Å². The van der Waals surface area contributed by atoms with Crippen LogP contribution in [0.4, 0.5) is 5.69 Å². The summed E-state index contributed by atoms with van der Waals surface area (Å²) in [6, 6.07) is 7.64. The second-order valence-corrected chi connectivity index (χ2v) is 6.16. The molecular formula is C17H22N2O2. The lowest BCUT2D eigenvalue weighted by Crippen LogP contribution is -2.43. The standard InChI is InChI=1S/C17H22N2O2/c1-12-7-9-13(10-8-12)18-15-11-16(20)19(17(15)21)14-5-3-2-4-6-14/h7-10,14-15,18H,2-6,11H2,1H3. The number of likely N-dealkylation sites (tertiary alicyclic amines) is 1. The first-order chi connectivity index (χ1) is 10.1. The molecule has 1 atom stereocenters. The van der Waals surface area contributed by atoms with Crippen molar-refractivity contribution in [2.45, 2.75) is 57.5 Å². The minimum atomic E-state index is -0.401. The summed E-state index contributed by atoms with van der Waals surface area (Å²) in [5.74, 6) is -0.0658. The summed E-state index contributed by atoms with van der Waals surface area (Å²) < 4.78 is 0. The van der Waals surface area contributed by atoms with Crippen molar-refractivity contribution in [2.24, 2.45) is 0 Å². The van der Waals surface area contributed by atoms with Gasteiger partial charge in [-0.15, -0.1) is 0 Å². The van der Waals surface area contributed by atoms with E-state index in [2.05, 4.69) is 5.32 Å². The van der Waals surface area contributed by atoms with Gasteiger partial charge in [-0.05, 0) is 31.9 Å². The fraction of sp³-hybridized carbons (Fsp3) is 0.529. The van der Waals surface area contributed by atoms with Crippen LogP contribution in [-0.4, -0.2) is 28.8 Å². The fourth-order valence-electron chi connectivity index (χ4n) is 3.34. The molecule has 1 heterocycles. The van der Waals surface area contributed by atoms with Crippen molar-refractivity contribution in [3.8, 4) is 0 Å². The quantitative estimate of drug-likeness (QED) is 0.869. The van der Waals surface area contributed by atoms with Crippen molar-refractivity contribution in [2.75, 3.05) is 5.32 Å². The molecule has 4 heteroatoms. The van der Waals surface area contributed by atoms with Gasteiger partial charge >= 0.3 is 0 Å². The summed E-state index contributed by atoms with van der Waals surface area (Å²) >= 11 is 0. The average molecular weight is 286 g/mol. The van der Waals surface area contributed by atoms with Gasteiger partial charge in [-0.1, -0.05) is 37.0 Å². The zero-order valence-electron chi connectivity index (χ0n) is 12.5. The number of carbonyl (C=O) groups excluding carboxylic acids is 2. The van der Waals surface area contributed by atoms with Gasteiger partial charge < -0.3 is 5.32 Å². The SMILES string of the molecule is Cc1ccc(NC2CC(=O)N(C3CCCCC3)C2=O)cc1. The van der Waals surface area contributed by atoms with Crippen molar-refractivity contribution in [1.29, 1.82) is 0 Å². The molecule has 1 N–H and O–H groups in total. The van der Waals surface area contributed by atoms with Crippen LogP contribution in [0.3, 0.4) is 0 Å². The third kappa shape index (κ3) is 2.94. The normalized spacial score (nSPS) is 23.7. The minimum absolute atomic E-state index is 0.0171.